The zero-order valence-corrected chi connectivity index (χ0v) is 36.8. The zero-order valence-electron chi connectivity index (χ0n) is 36.8. The minimum atomic E-state index is 0.467. The molecule has 0 amide bonds. The molecule has 0 atom stereocenters. The van der Waals surface area contributed by atoms with Crippen LogP contribution in [0.4, 0.5) is 22.7 Å². The van der Waals surface area contributed by atoms with Gasteiger partial charge in [0, 0.05) is 33.9 Å². The number of nitrogen functional groups attached to an aromatic ring is 4. The lowest BCUT2D eigenvalue weighted by Gasteiger charge is -2.29. The topological polar surface area (TPSA) is 123 Å². The predicted octanol–water partition coefficient (Wildman–Crippen LogP) is 14.5. The number of anilines is 4. The Labute approximate surface area is 358 Å². The van der Waals surface area contributed by atoms with Crippen LogP contribution in [-0.4, -0.2) is 0 Å². The lowest BCUT2D eigenvalue weighted by Crippen LogP contribution is -2.13. The highest BCUT2D eigenvalue weighted by Gasteiger charge is 2.23. The largest absolute Gasteiger partial charge is 0.489 e. The molecule has 6 heteroatoms. The van der Waals surface area contributed by atoms with Gasteiger partial charge in [-0.3, -0.25) is 0 Å². The van der Waals surface area contributed by atoms with E-state index < -0.39 is 0 Å². The van der Waals surface area contributed by atoms with E-state index in [9.17, 15) is 0 Å². The summed E-state index contributed by atoms with van der Waals surface area (Å²) in [4.78, 5) is 0. The molecular formula is C53H78N4O2. The van der Waals surface area contributed by atoms with Crippen LogP contribution in [0.25, 0.3) is 0 Å². The van der Waals surface area contributed by atoms with E-state index in [1.165, 1.54) is 146 Å². The lowest BCUT2D eigenvalue weighted by atomic mass is 9.77. The van der Waals surface area contributed by atoms with Crippen molar-refractivity contribution in [3.8, 4) is 11.5 Å². The van der Waals surface area contributed by atoms with Gasteiger partial charge in [-0.15, -0.1) is 0 Å². The highest BCUT2D eigenvalue weighted by atomic mass is 16.5. The van der Waals surface area contributed by atoms with Gasteiger partial charge in [-0.1, -0.05) is 134 Å². The fourth-order valence-electron chi connectivity index (χ4n) is 9.30. The first kappa shape index (κ1) is 45.8. The molecule has 322 valence electrons. The number of ether oxygens (including phenoxy) is 2. The molecule has 4 aromatic rings. The van der Waals surface area contributed by atoms with Crippen LogP contribution in [0.1, 0.15) is 183 Å². The smallest absolute Gasteiger partial charge is 0.119 e. The van der Waals surface area contributed by atoms with E-state index in [0.29, 0.717) is 47.8 Å². The molecule has 0 aliphatic heterocycles. The summed E-state index contributed by atoms with van der Waals surface area (Å²) in [5, 5.41) is 0. The van der Waals surface area contributed by atoms with Crippen molar-refractivity contribution in [1.82, 2.24) is 0 Å². The van der Waals surface area contributed by atoms with Crippen molar-refractivity contribution in [2.75, 3.05) is 22.9 Å². The molecule has 0 unspecified atom stereocenters. The van der Waals surface area contributed by atoms with E-state index in [1.807, 2.05) is 24.3 Å². The van der Waals surface area contributed by atoms with Gasteiger partial charge in [0.05, 0.1) is 0 Å². The normalized spacial score (nSPS) is 19.1. The Balaban J connectivity index is 0.000000224. The van der Waals surface area contributed by atoms with Gasteiger partial charge in [0.15, 0.2) is 0 Å². The molecular weight excluding hydrogens is 725 g/mol. The monoisotopic (exact) mass is 803 g/mol. The number of hydrogen-bond donors (Lipinski definition) is 4. The van der Waals surface area contributed by atoms with Crippen molar-refractivity contribution in [3.05, 3.63) is 107 Å². The summed E-state index contributed by atoms with van der Waals surface area (Å²) in [5.41, 5.74) is 31.1. The van der Waals surface area contributed by atoms with Crippen LogP contribution in [0, 0.1) is 11.8 Å². The molecule has 6 rings (SSSR count). The van der Waals surface area contributed by atoms with Gasteiger partial charge in [0.25, 0.3) is 0 Å². The van der Waals surface area contributed by atoms with Crippen LogP contribution in [0.3, 0.4) is 0 Å². The van der Waals surface area contributed by atoms with Crippen molar-refractivity contribution in [1.29, 1.82) is 0 Å². The molecule has 2 aliphatic carbocycles. The SMILES string of the molecule is CCCCCCCC1CCC(c2ccc(OCc3ccc(N)cc3N)cc2)CC1.CCCCCCCCC1CCC(c2ccc(OCc3ccc(N)cc3N)cc2)CC1. The molecule has 4 aromatic carbocycles. The maximum Gasteiger partial charge on any atom is 0.119 e. The van der Waals surface area contributed by atoms with Gasteiger partial charge < -0.3 is 32.4 Å². The van der Waals surface area contributed by atoms with Gasteiger partial charge in [0.2, 0.25) is 0 Å². The molecule has 0 radical (unpaired) electrons. The molecule has 0 aromatic heterocycles. The third kappa shape index (κ3) is 16.0. The van der Waals surface area contributed by atoms with E-state index in [2.05, 4.69) is 62.4 Å². The molecule has 0 saturated heterocycles. The average Bonchev–Trinajstić information content (AvgIpc) is 3.25. The minimum Gasteiger partial charge on any atom is -0.489 e. The quantitative estimate of drug-likeness (QED) is 0.0491. The molecule has 0 spiro atoms. The Kier molecular flexibility index (Phi) is 19.6. The molecule has 8 N–H and O–H groups in total. The Hall–Kier alpha value is -4.32. The third-order valence-electron chi connectivity index (χ3n) is 13.2. The maximum absolute atomic E-state index is 6.02. The first-order chi connectivity index (χ1) is 28.8. The standard InChI is InChI=1S/C27H40N2O.C26H38N2O/c1-2-3-4-5-6-7-8-21-9-11-22(12-10-21)23-14-17-26(18-15-23)30-20-24-13-16-25(28)19-27(24)29;1-2-3-4-5-6-7-20-8-10-21(11-9-20)22-13-16-25(17-14-22)29-19-23-12-15-24(27)18-26(23)28/h13-19,21-22H,2-12,20,28-29H2,1H3;12-18,20-21H,2-11,19,27-28H2,1H3. The summed E-state index contributed by atoms with van der Waals surface area (Å²) in [6.45, 7) is 5.51. The summed E-state index contributed by atoms with van der Waals surface area (Å²) >= 11 is 0. The second-order valence-electron chi connectivity index (χ2n) is 17.8. The van der Waals surface area contributed by atoms with Crippen LogP contribution in [0.5, 0.6) is 11.5 Å². The Bertz CT molecular complexity index is 1740. The predicted molar refractivity (Wildman–Crippen MR) is 253 cm³/mol. The van der Waals surface area contributed by atoms with E-state index in [4.69, 9.17) is 32.4 Å². The van der Waals surface area contributed by atoms with Crippen molar-refractivity contribution in [2.45, 2.75) is 174 Å². The van der Waals surface area contributed by atoms with Crippen molar-refractivity contribution in [2.24, 2.45) is 11.8 Å². The molecule has 0 bridgehead atoms. The number of unbranched alkanes of at least 4 members (excludes halogenated alkanes) is 9. The van der Waals surface area contributed by atoms with Gasteiger partial charge in [-0.25, -0.2) is 0 Å². The summed E-state index contributed by atoms with van der Waals surface area (Å²) in [6, 6.07) is 28.6. The van der Waals surface area contributed by atoms with E-state index in [0.717, 1.165) is 34.5 Å². The average molecular weight is 803 g/mol. The minimum absolute atomic E-state index is 0.467. The summed E-state index contributed by atoms with van der Waals surface area (Å²) in [7, 11) is 0. The van der Waals surface area contributed by atoms with E-state index >= 15 is 0 Å². The van der Waals surface area contributed by atoms with Crippen LogP contribution in [-0.2, 0) is 13.2 Å². The van der Waals surface area contributed by atoms with Crippen molar-refractivity contribution in [3.63, 3.8) is 0 Å². The van der Waals surface area contributed by atoms with Crippen molar-refractivity contribution < 1.29 is 9.47 Å². The van der Waals surface area contributed by atoms with Crippen LogP contribution in [0.15, 0.2) is 84.9 Å². The first-order valence-corrected chi connectivity index (χ1v) is 23.5. The van der Waals surface area contributed by atoms with Crippen molar-refractivity contribution >= 4 is 22.7 Å². The van der Waals surface area contributed by atoms with Gasteiger partial charge in [-0.05, 0) is 135 Å². The molecule has 2 fully saturated rings. The Morgan fingerprint density at radius 3 is 1.14 bits per heavy atom. The highest BCUT2D eigenvalue weighted by Crippen LogP contribution is 2.40. The fourth-order valence-corrected chi connectivity index (χ4v) is 9.30. The van der Waals surface area contributed by atoms with Crippen LogP contribution >= 0.6 is 0 Å². The third-order valence-corrected chi connectivity index (χ3v) is 13.2. The number of nitrogens with two attached hydrogens (primary N) is 4. The number of rotatable bonds is 21. The zero-order chi connectivity index (χ0) is 41.7. The lowest BCUT2D eigenvalue weighted by molar-refractivity contribution is 0.299. The fraction of sp³-hybridized carbons (Fsp3) is 0.547. The van der Waals surface area contributed by atoms with Gasteiger partial charge >= 0.3 is 0 Å². The van der Waals surface area contributed by atoms with Crippen LogP contribution < -0.4 is 32.4 Å². The summed E-state index contributed by atoms with van der Waals surface area (Å²) in [5.74, 6) is 5.14. The maximum atomic E-state index is 6.02. The van der Waals surface area contributed by atoms with Crippen LogP contribution in [0.2, 0.25) is 0 Å². The van der Waals surface area contributed by atoms with E-state index in [-0.39, 0.29) is 0 Å². The highest BCUT2D eigenvalue weighted by molar-refractivity contribution is 5.57. The van der Waals surface area contributed by atoms with Gasteiger partial charge in [0.1, 0.15) is 24.7 Å². The summed E-state index contributed by atoms with van der Waals surface area (Å²) in [6.07, 6.45) is 29.3. The Morgan fingerprint density at radius 1 is 0.424 bits per heavy atom. The molecule has 2 saturated carbocycles. The second-order valence-corrected chi connectivity index (χ2v) is 17.8. The number of hydrogen-bond acceptors (Lipinski definition) is 6. The second kappa shape index (κ2) is 25.3. The molecule has 2 aliphatic rings. The van der Waals surface area contributed by atoms with E-state index in [1.54, 1.807) is 12.1 Å². The van der Waals surface area contributed by atoms with Gasteiger partial charge in [-0.2, -0.15) is 0 Å². The summed E-state index contributed by atoms with van der Waals surface area (Å²) < 4.78 is 11.9. The Morgan fingerprint density at radius 2 is 0.780 bits per heavy atom. The molecule has 6 nitrogen and oxygen atoms in total. The number of benzene rings is 4. The first-order valence-electron chi connectivity index (χ1n) is 23.5. The molecule has 59 heavy (non-hydrogen) atoms. The molecule has 0 heterocycles.